The fourth-order valence-corrected chi connectivity index (χ4v) is 2.08. The molecule has 2 aromatic carbocycles. The molecule has 0 N–H and O–H groups in total. The van der Waals surface area contributed by atoms with Crippen molar-refractivity contribution in [2.45, 2.75) is 13.0 Å². The number of carbonyl (C=O) groups excluding carboxylic acids is 2. The topological polar surface area (TPSA) is 46.6 Å². The minimum atomic E-state index is -0.951. The van der Waals surface area contributed by atoms with Gasteiger partial charge in [0.2, 0.25) is 0 Å². The fraction of sp³-hybridized carbons (Fsp3) is 0.158. The van der Waals surface area contributed by atoms with E-state index < -0.39 is 17.9 Å². The maximum atomic E-state index is 13.5. The van der Waals surface area contributed by atoms with Crippen molar-refractivity contribution in [3.8, 4) is 0 Å². The summed E-state index contributed by atoms with van der Waals surface area (Å²) in [6, 6.07) is 15.1. The number of hydrogen-bond donors (Lipinski definition) is 0. The van der Waals surface area contributed by atoms with Gasteiger partial charge in [-0.3, -0.25) is 4.79 Å². The van der Waals surface area contributed by atoms with Crippen LogP contribution < -0.4 is 4.90 Å². The van der Waals surface area contributed by atoms with Gasteiger partial charge in [0.25, 0.3) is 5.91 Å². The maximum absolute atomic E-state index is 13.5. The third-order valence-electron chi connectivity index (χ3n) is 3.42. The lowest BCUT2D eigenvalue weighted by Crippen LogP contribution is -2.37. The molecule has 0 aliphatic carbocycles. The van der Waals surface area contributed by atoms with Crippen LogP contribution >= 0.6 is 0 Å². The van der Waals surface area contributed by atoms with Crippen LogP contribution in [0, 0.1) is 5.82 Å². The third-order valence-corrected chi connectivity index (χ3v) is 3.42. The van der Waals surface area contributed by atoms with Gasteiger partial charge in [-0.05, 0) is 31.2 Å². The van der Waals surface area contributed by atoms with Gasteiger partial charge in [-0.1, -0.05) is 36.4 Å². The minimum Gasteiger partial charge on any atom is -0.449 e. The normalized spacial score (nSPS) is 12.0. The molecule has 0 aromatic heterocycles. The van der Waals surface area contributed by atoms with Crippen LogP contribution in [0.1, 0.15) is 12.5 Å². The molecule has 0 aliphatic heterocycles. The van der Waals surface area contributed by atoms with E-state index in [9.17, 15) is 14.0 Å². The summed E-state index contributed by atoms with van der Waals surface area (Å²) in [5, 5.41) is 0. The summed E-state index contributed by atoms with van der Waals surface area (Å²) >= 11 is 0. The van der Waals surface area contributed by atoms with Crippen LogP contribution in [0.15, 0.2) is 60.7 Å². The van der Waals surface area contributed by atoms with E-state index in [4.69, 9.17) is 4.74 Å². The monoisotopic (exact) mass is 327 g/mol. The molecule has 0 fully saturated rings. The van der Waals surface area contributed by atoms with E-state index in [1.54, 1.807) is 31.3 Å². The lowest BCUT2D eigenvalue weighted by molar-refractivity contribution is -0.148. The lowest BCUT2D eigenvalue weighted by Gasteiger charge is -2.21. The number of likely N-dealkylation sites (N-methyl/N-ethyl adjacent to an activating group) is 1. The van der Waals surface area contributed by atoms with E-state index in [2.05, 4.69) is 0 Å². The summed E-state index contributed by atoms with van der Waals surface area (Å²) in [5.41, 5.74) is 0.974. The molecule has 5 heteroatoms. The number of nitrogens with zero attached hydrogens (tertiary/aromatic N) is 1. The second kappa shape index (κ2) is 8.06. The van der Waals surface area contributed by atoms with Gasteiger partial charge in [-0.25, -0.2) is 9.18 Å². The van der Waals surface area contributed by atoms with E-state index in [0.717, 1.165) is 6.08 Å². The Bertz CT molecular complexity index is 743. The van der Waals surface area contributed by atoms with Crippen molar-refractivity contribution in [2.75, 3.05) is 11.9 Å². The Morgan fingerprint density at radius 1 is 1.08 bits per heavy atom. The molecule has 1 amide bonds. The van der Waals surface area contributed by atoms with Crippen molar-refractivity contribution in [3.05, 3.63) is 72.1 Å². The summed E-state index contributed by atoms with van der Waals surface area (Å²) in [7, 11) is 1.61. The smallest absolute Gasteiger partial charge is 0.331 e. The number of ether oxygens (including phenoxy) is 1. The van der Waals surface area contributed by atoms with Crippen LogP contribution in [-0.4, -0.2) is 25.0 Å². The number of para-hydroxylation sites is 1. The van der Waals surface area contributed by atoms with Crippen molar-refractivity contribution in [1.82, 2.24) is 0 Å². The zero-order chi connectivity index (χ0) is 17.5. The van der Waals surface area contributed by atoms with Gasteiger partial charge in [-0.2, -0.15) is 0 Å². The maximum Gasteiger partial charge on any atom is 0.331 e. The first-order valence-electron chi connectivity index (χ1n) is 7.45. The second-order valence-electron chi connectivity index (χ2n) is 5.17. The van der Waals surface area contributed by atoms with Crippen molar-refractivity contribution in [1.29, 1.82) is 0 Å². The van der Waals surface area contributed by atoms with Gasteiger partial charge >= 0.3 is 5.97 Å². The van der Waals surface area contributed by atoms with Gasteiger partial charge in [0.1, 0.15) is 5.82 Å². The Labute approximate surface area is 140 Å². The molecule has 124 valence electrons. The number of esters is 1. The SMILES string of the molecule is CC(OC(=O)/C=C/c1ccccc1F)C(=O)N(C)c1ccccc1. The summed E-state index contributed by atoms with van der Waals surface area (Å²) in [5.74, 6) is -1.50. The van der Waals surface area contributed by atoms with Gasteiger partial charge in [0.05, 0.1) is 0 Å². The zero-order valence-electron chi connectivity index (χ0n) is 13.5. The molecule has 2 aromatic rings. The van der Waals surface area contributed by atoms with E-state index in [0.29, 0.717) is 5.69 Å². The molecular weight excluding hydrogens is 309 g/mol. The fourth-order valence-electron chi connectivity index (χ4n) is 2.08. The Morgan fingerprint density at radius 3 is 2.38 bits per heavy atom. The summed E-state index contributed by atoms with van der Waals surface area (Å²) in [6.45, 7) is 1.50. The summed E-state index contributed by atoms with van der Waals surface area (Å²) in [4.78, 5) is 25.5. The number of amides is 1. The highest BCUT2D eigenvalue weighted by Gasteiger charge is 2.21. The third kappa shape index (κ3) is 4.52. The van der Waals surface area contributed by atoms with Gasteiger partial charge in [-0.15, -0.1) is 0 Å². The molecule has 0 radical (unpaired) electrons. The molecule has 24 heavy (non-hydrogen) atoms. The first-order chi connectivity index (χ1) is 11.5. The molecule has 2 rings (SSSR count). The lowest BCUT2D eigenvalue weighted by atomic mass is 10.2. The molecule has 1 atom stereocenters. The number of carbonyl (C=O) groups is 2. The Balaban J connectivity index is 1.96. The molecule has 0 spiro atoms. The Hall–Kier alpha value is -2.95. The van der Waals surface area contributed by atoms with Crippen molar-refractivity contribution in [3.63, 3.8) is 0 Å². The Morgan fingerprint density at radius 2 is 1.71 bits per heavy atom. The minimum absolute atomic E-state index is 0.273. The molecular formula is C19H18FNO3. The zero-order valence-corrected chi connectivity index (χ0v) is 13.5. The molecule has 0 saturated carbocycles. The highest BCUT2D eigenvalue weighted by Crippen LogP contribution is 2.13. The molecule has 0 heterocycles. The van der Waals surface area contributed by atoms with Gasteiger partial charge < -0.3 is 9.64 Å². The predicted octanol–water partition coefficient (Wildman–Crippen LogP) is 3.43. The van der Waals surface area contributed by atoms with Crippen LogP contribution in [0.3, 0.4) is 0 Å². The first-order valence-corrected chi connectivity index (χ1v) is 7.45. The van der Waals surface area contributed by atoms with E-state index >= 15 is 0 Å². The second-order valence-corrected chi connectivity index (χ2v) is 5.17. The Kier molecular flexibility index (Phi) is 5.84. The van der Waals surface area contributed by atoms with E-state index in [1.165, 1.54) is 30.0 Å². The molecule has 1 unspecified atom stereocenters. The van der Waals surface area contributed by atoms with Crippen LogP contribution in [0.2, 0.25) is 0 Å². The highest BCUT2D eigenvalue weighted by atomic mass is 19.1. The van der Waals surface area contributed by atoms with E-state index in [1.807, 2.05) is 18.2 Å². The van der Waals surface area contributed by atoms with Crippen LogP contribution in [-0.2, 0) is 14.3 Å². The van der Waals surface area contributed by atoms with Crippen LogP contribution in [0.25, 0.3) is 6.08 Å². The number of hydrogen-bond acceptors (Lipinski definition) is 3. The predicted molar refractivity (Wildman–Crippen MR) is 90.8 cm³/mol. The molecule has 0 bridgehead atoms. The summed E-state index contributed by atoms with van der Waals surface area (Å²) < 4.78 is 18.5. The average molecular weight is 327 g/mol. The molecule has 4 nitrogen and oxygen atoms in total. The number of anilines is 1. The average Bonchev–Trinajstić information content (AvgIpc) is 2.60. The number of halogens is 1. The number of benzene rings is 2. The van der Waals surface area contributed by atoms with E-state index in [-0.39, 0.29) is 11.5 Å². The standard InChI is InChI=1S/C19H18FNO3/c1-14(19(23)21(2)16-9-4-3-5-10-16)24-18(22)13-12-15-8-6-7-11-17(15)20/h3-14H,1-2H3/b13-12+. The van der Waals surface area contributed by atoms with Crippen molar-refractivity contribution >= 4 is 23.6 Å². The first kappa shape index (κ1) is 17.4. The van der Waals surface area contributed by atoms with Gasteiger partial charge in [0.15, 0.2) is 6.10 Å². The number of rotatable bonds is 5. The van der Waals surface area contributed by atoms with Crippen molar-refractivity contribution in [2.24, 2.45) is 0 Å². The highest BCUT2D eigenvalue weighted by molar-refractivity contribution is 5.98. The summed E-state index contributed by atoms with van der Waals surface area (Å²) in [6.07, 6.45) is 1.47. The molecule has 0 saturated heterocycles. The quantitative estimate of drug-likeness (QED) is 0.624. The van der Waals surface area contributed by atoms with Crippen molar-refractivity contribution < 1.29 is 18.7 Å². The van der Waals surface area contributed by atoms with Gasteiger partial charge in [0, 0.05) is 24.4 Å². The largest absolute Gasteiger partial charge is 0.449 e. The van der Waals surface area contributed by atoms with Crippen LogP contribution in [0.4, 0.5) is 10.1 Å². The van der Waals surface area contributed by atoms with Crippen LogP contribution in [0.5, 0.6) is 0 Å². The molecule has 0 aliphatic rings.